The van der Waals surface area contributed by atoms with Crippen LogP contribution < -0.4 is 10.6 Å². The zero-order valence-corrected chi connectivity index (χ0v) is 12.2. The number of rotatable bonds is 6. The van der Waals surface area contributed by atoms with Crippen molar-refractivity contribution >= 4 is 11.8 Å². The van der Waals surface area contributed by atoms with Gasteiger partial charge in [0.15, 0.2) is 0 Å². The zero-order chi connectivity index (χ0) is 15.9. The third-order valence-electron chi connectivity index (χ3n) is 2.99. The Morgan fingerprint density at radius 3 is 2.55 bits per heavy atom. The topological polar surface area (TPSA) is 76.0 Å². The largest absolute Gasteiger partial charge is 0.356 e. The van der Waals surface area contributed by atoms with Crippen LogP contribution in [0.5, 0.6) is 0 Å². The summed E-state index contributed by atoms with van der Waals surface area (Å²) in [7, 11) is 0. The number of carbonyl (C=O) groups is 2. The van der Waals surface area contributed by atoms with Crippen molar-refractivity contribution in [1.82, 2.24) is 20.2 Å². The lowest BCUT2D eigenvalue weighted by molar-refractivity contribution is -0.118. The second kappa shape index (κ2) is 7.35. The molecule has 7 heteroatoms. The predicted molar refractivity (Wildman–Crippen MR) is 79.2 cm³/mol. The summed E-state index contributed by atoms with van der Waals surface area (Å²) in [4.78, 5) is 26.8. The Labute approximate surface area is 127 Å². The van der Waals surface area contributed by atoms with Crippen LogP contribution in [-0.2, 0) is 4.79 Å². The molecule has 1 aromatic carbocycles. The number of benzene rings is 1. The zero-order valence-electron chi connectivity index (χ0n) is 12.2. The molecule has 0 bridgehead atoms. The molecule has 1 heterocycles. The van der Waals surface area contributed by atoms with E-state index in [0.29, 0.717) is 30.9 Å². The van der Waals surface area contributed by atoms with Gasteiger partial charge in [-0.1, -0.05) is 0 Å². The SMILES string of the molecule is CC(=O)NCCCNC(=O)c1cncn1-c1ccc(F)cc1. The number of imidazole rings is 1. The summed E-state index contributed by atoms with van der Waals surface area (Å²) in [6.07, 6.45) is 3.59. The fourth-order valence-corrected chi connectivity index (χ4v) is 1.92. The molecule has 2 rings (SSSR count). The Bertz CT molecular complexity index is 652. The maximum absolute atomic E-state index is 12.9. The van der Waals surface area contributed by atoms with Gasteiger partial charge < -0.3 is 10.6 Å². The summed E-state index contributed by atoms with van der Waals surface area (Å²) in [6.45, 7) is 2.39. The van der Waals surface area contributed by atoms with Crippen LogP contribution >= 0.6 is 0 Å². The van der Waals surface area contributed by atoms with Crippen LogP contribution in [0.3, 0.4) is 0 Å². The second-order valence-electron chi connectivity index (χ2n) is 4.72. The Hall–Kier alpha value is -2.70. The van der Waals surface area contributed by atoms with Crippen molar-refractivity contribution in [1.29, 1.82) is 0 Å². The van der Waals surface area contributed by atoms with Crippen LogP contribution in [-0.4, -0.2) is 34.5 Å². The van der Waals surface area contributed by atoms with Gasteiger partial charge in [0.05, 0.1) is 12.5 Å². The van der Waals surface area contributed by atoms with Gasteiger partial charge in [-0.05, 0) is 30.7 Å². The van der Waals surface area contributed by atoms with E-state index in [1.807, 2.05) is 0 Å². The third-order valence-corrected chi connectivity index (χ3v) is 2.99. The standard InChI is InChI=1S/C15H17FN4O2/c1-11(21)18-7-2-8-19-15(22)14-9-17-10-20(14)13-5-3-12(16)4-6-13/h3-6,9-10H,2,7-8H2,1H3,(H,18,21)(H,19,22). The summed E-state index contributed by atoms with van der Waals surface area (Å²) < 4.78 is 14.5. The fraction of sp³-hybridized carbons (Fsp3) is 0.267. The number of nitrogens with zero attached hydrogens (tertiary/aromatic N) is 2. The lowest BCUT2D eigenvalue weighted by Crippen LogP contribution is -2.29. The first-order valence-electron chi connectivity index (χ1n) is 6.89. The first-order chi connectivity index (χ1) is 10.6. The molecule has 0 radical (unpaired) electrons. The molecule has 0 saturated carbocycles. The molecule has 0 fully saturated rings. The second-order valence-corrected chi connectivity index (χ2v) is 4.72. The van der Waals surface area contributed by atoms with Crippen LogP contribution in [0.1, 0.15) is 23.8 Å². The van der Waals surface area contributed by atoms with E-state index in [9.17, 15) is 14.0 Å². The molecular weight excluding hydrogens is 287 g/mol. The van der Waals surface area contributed by atoms with Gasteiger partial charge in [-0.2, -0.15) is 0 Å². The Balaban J connectivity index is 1.95. The Morgan fingerprint density at radius 1 is 1.18 bits per heavy atom. The quantitative estimate of drug-likeness (QED) is 0.789. The number of nitrogens with one attached hydrogen (secondary N) is 2. The summed E-state index contributed by atoms with van der Waals surface area (Å²) in [5.41, 5.74) is 1.02. The average molecular weight is 304 g/mol. The molecule has 2 aromatic rings. The van der Waals surface area contributed by atoms with Crippen molar-refractivity contribution in [2.45, 2.75) is 13.3 Å². The molecule has 0 unspecified atom stereocenters. The van der Waals surface area contributed by atoms with Gasteiger partial charge >= 0.3 is 0 Å². The van der Waals surface area contributed by atoms with Gasteiger partial charge in [0.2, 0.25) is 5.91 Å². The number of aromatic nitrogens is 2. The van der Waals surface area contributed by atoms with E-state index in [4.69, 9.17) is 0 Å². The van der Waals surface area contributed by atoms with Gasteiger partial charge in [-0.3, -0.25) is 14.2 Å². The van der Waals surface area contributed by atoms with Crippen LogP contribution in [0, 0.1) is 5.82 Å². The fourth-order valence-electron chi connectivity index (χ4n) is 1.92. The lowest BCUT2D eigenvalue weighted by Gasteiger charge is -2.09. The lowest BCUT2D eigenvalue weighted by atomic mass is 10.3. The van der Waals surface area contributed by atoms with Crippen molar-refractivity contribution in [2.24, 2.45) is 0 Å². The minimum absolute atomic E-state index is 0.0966. The maximum atomic E-state index is 12.9. The van der Waals surface area contributed by atoms with Gasteiger partial charge in [0, 0.05) is 25.7 Å². The monoisotopic (exact) mass is 304 g/mol. The van der Waals surface area contributed by atoms with Gasteiger partial charge in [-0.15, -0.1) is 0 Å². The Kier molecular flexibility index (Phi) is 5.24. The van der Waals surface area contributed by atoms with E-state index in [0.717, 1.165) is 0 Å². The van der Waals surface area contributed by atoms with Crippen LogP contribution in [0.2, 0.25) is 0 Å². The first kappa shape index (κ1) is 15.7. The minimum Gasteiger partial charge on any atom is -0.356 e. The normalized spacial score (nSPS) is 10.3. The van der Waals surface area contributed by atoms with Crippen molar-refractivity contribution < 1.29 is 14.0 Å². The van der Waals surface area contributed by atoms with Crippen molar-refractivity contribution in [3.05, 3.63) is 48.3 Å². The van der Waals surface area contributed by atoms with Gasteiger partial charge in [-0.25, -0.2) is 9.37 Å². The molecule has 1 aromatic heterocycles. The van der Waals surface area contributed by atoms with Gasteiger partial charge in [0.25, 0.3) is 5.91 Å². The highest BCUT2D eigenvalue weighted by molar-refractivity contribution is 5.92. The molecule has 6 nitrogen and oxygen atoms in total. The number of hydrogen-bond donors (Lipinski definition) is 2. The van der Waals surface area contributed by atoms with E-state index in [1.165, 1.54) is 31.6 Å². The summed E-state index contributed by atoms with van der Waals surface area (Å²) in [6, 6.07) is 5.80. The molecule has 22 heavy (non-hydrogen) atoms. The van der Waals surface area contributed by atoms with Crippen molar-refractivity contribution in [3.63, 3.8) is 0 Å². The van der Waals surface area contributed by atoms with Gasteiger partial charge in [0.1, 0.15) is 11.5 Å². The van der Waals surface area contributed by atoms with Crippen LogP contribution in [0.15, 0.2) is 36.8 Å². The van der Waals surface area contributed by atoms with E-state index >= 15 is 0 Å². The molecule has 0 atom stereocenters. The third kappa shape index (κ3) is 4.15. The number of halogens is 1. The highest BCUT2D eigenvalue weighted by Gasteiger charge is 2.12. The van der Waals surface area contributed by atoms with Crippen molar-refractivity contribution in [3.8, 4) is 5.69 Å². The van der Waals surface area contributed by atoms with Crippen molar-refractivity contribution in [2.75, 3.05) is 13.1 Å². The molecule has 0 aliphatic carbocycles. The highest BCUT2D eigenvalue weighted by atomic mass is 19.1. The predicted octanol–water partition coefficient (Wildman–Crippen LogP) is 1.27. The number of amides is 2. The molecule has 2 N–H and O–H groups in total. The molecule has 0 aliphatic heterocycles. The molecule has 116 valence electrons. The summed E-state index contributed by atoms with van der Waals surface area (Å²) in [5, 5.41) is 5.41. The van der Waals surface area contributed by atoms with E-state index in [1.54, 1.807) is 16.7 Å². The smallest absolute Gasteiger partial charge is 0.269 e. The highest BCUT2D eigenvalue weighted by Crippen LogP contribution is 2.12. The molecule has 0 spiro atoms. The van der Waals surface area contributed by atoms with Crippen LogP contribution in [0.4, 0.5) is 4.39 Å². The summed E-state index contributed by atoms with van der Waals surface area (Å²) >= 11 is 0. The van der Waals surface area contributed by atoms with Crippen LogP contribution in [0.25, 0.3) is 5.69 Å². The van der Waals surface area contributed by atoms with E-state index < -0.39 is 0 Å². The molecule has 2 amide bonds. The maximum Gasteiger partial charge on any atom is 0.269 e. The number of carbonyl (C=O) groups excluding carboxylic acids is 2. The molecule has 0 aliphatic rings. The van der Waals surface area contributed by atoms with E-state index in [2.05, 4.69) is 15.6 Å². The van der Waals surface area contributed by atoms with E-state index in [-0.39, 0.29) is 17.6 Å². The molecule has 0 saturated heterocycles. The summed E-state index contributed by atoms with van der Waals surface area (Å²) in [5.74, 6) is -0.710. The minimum atomic E-state index is -0.340. The molecular formula is C15H17FN4O2. The average Bonchev–Trinajstić information content (AvgIpc) is 2.96. The first-order valence-corrected chi connectivity index (χ1v) is 6.89. The Morgan fingerprint density at radius 2 is 1.86 bits per heavy atom. The number of hydrogen-bond acceptors (Lipinski definition) is 3.